The molecule has 0 aliphatic rings. The number of aryl methyl sites for hydroxylation is 2. The van der Waals surface area contributed by atoms with E-state index in [2.05, 4.69) is 67.7 Å². The van der Waals surface area contributed by atoms with Crippen LogP contribution in [0.2, 0.25) is 0 Å². The molecule has 118 valence electrons. The molecule has 2 aromatic rings. The highest BCUT2D eigenvalue weighted by Gasteiger charge is 2.13. The molecule has 0 aliphatic carbocycles. The quantitative estimate of drug-likeness (QED) is 0.727. The standard InChI is InChI=1S/C21H29N/c1-4-6-17-8-12-19(13-9-17)21(16-22-3)20-14-10-18(7-5-2)11-15-20/h8-15,21-22H,4-7,16H2,1-3H3. The van der Waals surface area contributed by atoms with Gasteiger partial charge in [0.15, 0.2) is 0 Å². The van der Waals surface area contributed by atoms with Crippen LogP contribution < -0.4 is 5.32 Å². The molecule has 1 N–H and O–H groups in total. The van der Waals surface area contributed by atoms with Crippen LogP contribution in [0.15, 0.2) is 48.5 Å². The largest absolute Gasteiger partial charge is 0.319 e. The summed E-state index contributed by atoms with van der Waals surface area (Å²) in [7, 11) is 2.03. The smallest absolute Gasteiger partial charge is 0.0214 e. The number of hydrogen-bond acceptors (Lipinski definition) is 1. The lowest BCUT2D eigenvalue weighted by molar-refractivity contribution is 0.707. The van der Waals surface area contributed by atoms with Crippen molar-refractivity contribution in [2.75, 3.05) is 13.6 Å². The van der Waals surface area contributed by atoms with E-state index in [1.54, 1.807) is 0 Å². The van der Waals surface area contributed by atoms with E-state index in [-0.39, 0.29) is 0 Å². The highest BCUT2D eigenvalue weighted by atomic mass is 14.8. The van der Waals surface area contributed by atoms with Gasteiger partial charge < -0.3 is 5.32 Å². The second-order valence-corrected chi connectivity index (χ2v) is 6.09. The van der Waals surface area contributed by atoms with E-state index in [9.17, 15) is 0 Å². The minimum absolute atomic E-state index is 0.427. The molecule has 1 nitrogen and oxygen atoms in total. The molecular formula is C21H29N. The molecule has 0 atom stereocenters. The van der Waals surface area contributed by atoms with Gasteiger partial charge in [-0.25, -0.2) is 0 Å². The van der Waals surface area contributed by atoms with Gasteiger partial charge in [-0.1, -0.05) is 75.2 Å². The lowest BCUT2D eigenvalue weighted by Gasteiger charge is -2.18. The number of nitrogens with one attached hydrogen (secondary N) is 1. The summed E-state index contributed by atoms with van der Waals surface area (Å²) in [6.45, 7) is 5.44. The lowest BCUT2D eigenvalue weighted by atomic mass is 9.89. The molecule has 0 bridgehead atoms. The van der Waals surface area contributed by atoms with Gasteiger partial charge in [0.1, 0.15) is 0 Å². The number of benzene rings is 2. The zero-order chi connectivity index (χ0) is 15.8. The van der Waals surface area contributed by atoms with Crippen molar-refractivity contribution in [2.45, 2.75) is 45.4 Å². The Kier molecular flexibility index (Phi) is 6.67. The molecule has 2 rings (SSSR count). The van der Waals surface area contributed by atoms with Crippen molar-refractivity contribution in [1.29, 1.82) is 0 Å². The van der Waals surface area contributed by atoms with Crippen molar-refractivity contribution >= 4 is 0 Å². The summed E-state index contributed by atoms with van der Waals surface area (Å²) in [5, 5.41) is 3.34. The summed E-state index contributed by atoms with van der Waals surface area (Å²) in [6, 6.07) is 18.3. The van der Waals surface area contributed by atoms with E-state index >= 15 is 0 Å². The number of likely N-dealkylation sites (N-methyl/N-ethyl adjacent to an activating group) is 1. The summed E-state index contributed by atoms with van der Waals surface area (Å²) in [5.41, 5.74) is 5.68. The van der Waals surface area contributed by atoms with E-state index in [1.165, 1.54) is 47.9 Å². The molecule has 0 radical (unpaired) electrons. The highest BCUT2D eigenvalue weighted by molar-refractivity contribution is 5.36. The van der Waals surface area contributed by atoms with Gasteiger partial charge in [-0.05, 0) is 42.1 Å². The third-order valence-corrected chi connectivity index (χ3v) is 4.25. The zero-order valence-corrected chi connectivity index (χ0v) is 14.2. The van der Waals surface area contributed by atoms with Crippen LogP contribution in [0.3, 0.4) is 0 Å². The summed E-state index contributed by atoms with van der Waals surface area (Å²) < 4.78 is 0. The third-order valence-electron chi connectivity index (χ3n) is 4.25. The van der Waals surface area contributed by atoms with Gasteiger partial charge >= 0.3 is 0 Å². The molecule has 0 amide bonds. The molecule has 0 aliphatic heterocycles. The Balaban J connectivity index is 2.21. The highest BCUT2D eigenvalue weighted by Crippen LogP contribution is 2.25. The van der Waals surface area contributed by atoms with Crippen LogP contribution in [0, 0.1) is 0 Å². The molecule has 0 heterocycles. The van der Waals surface area contributed by atoms with Crippen LogP contribution in [-0.2, 0) is 12.8 Å². The summed E-state index contributed by atoms with van der Waals surface area (Å²) in [6.07, 6.45) is 4.75. The van der Waals surface area contributed by atoms with Crippen molar-refractivity contribution in [3.8, 4) is 0 Å². The van der Waals surface area contributed by atoms with Crippen LogP contribution >= 0.6 is 0 Å². The van der Waals surface area contributed by atoms with Gasteiger partial charge in [0.25, 0.3) is 0 Å². The van der Waals surface area contributed by atoms with Crippen LogP contribution in [0.25, 0.3) is 0 Å². The molecule has 1 heteroatoms. The fourth-order valence-electron chi connectivity index (χ4n) is 3.04. The van der Waals surface area contributed by atoms with Crippen molar-refractivity contribution in [3.63, 3.8) is 0 Å². The van der Waals surface area contributed by atoms with Crippen LogP contribution in [0.4, 0.5) is 0 Å². The normalized spacial score (nSPS) is 11.1. The molecule has 0 fully saturated rings. The first-order valence-electron chi connectivity index (χ1n) is 8.60. The minimum atomic E-state index is 0.427. The van der Waals surface area contributed by atoms with Crippen LogP contribution in [0.5, 0.6) is 0 Å². The number of hydrogen-bond donors (Lipinski definition) is 1. The van der Waals surface area contributed by atoms with Crippen molar-refractivity contribution in [1.82, 2.24) is 5.32 Å². The predicted octanol–water partition coefficient (Wildman–Crippen LogP) is 4.94. The lowest BCUT2D eigenvalue weighted by Crippen LogP contribution is -2.18. The maximum atomic E-state index is 3.34. The van der Waals surface area contributed by atoms with E-state index in [0.717, 1.165) is 6.54 Å². The van der Waals surface area contributed by atoms with E-state index < -0.39 is 0 Å². The van der Waals surface area contributed by atoms with Crippen molar-refractivity contribution in [3.05, 3.63) is 70.8 Å². The fourth-order valence-corrected chi connectivity index (χ4v) is 3.04. The van der Waals surface area contributed by atoms with E-state index in [0.29, 0.717) is 5.92 Å². The SMILES string of the molecule is CCCc1ccc(C(CNC)c2ccc(CCC)cc2)cc1. The predicted molar refractivity (Wildman–Crippen MR) is 96.6 cm³/mol. The van der Waals surface area contributed by atoms with E-state index in [1.807, 2.05) is 7.05 Å². The van der Waals surface area contributed by atoms with Gasteiger partial charge in [0.05, 0.1) is 0 Å². The zero-order valence-electron chi connectivity index (χ0n) is 14.2. The molecule has 0 spiro atoms. The topological polar surface area (TPSA) is 12.0 Å². The van der Waals surface area contributed by atoms with Gasteiger partial charge in [-0.15, -0.1) is 0 Å². The molecule has 0 saturated carbocycles. The van der Waals surface area contributed by atoms with Gasteiger partial charge in [-0.3, -0.25) is 0 Å². The summed E-state index contributed by atoms with van der Waals surface area (Å²) in [4.78, 5) is 0. The molecular weight excluding hydrogens is 266 g/mol. The second-order valence-electron chi connectivity index (χ2n) is 6.09. The van der Waals surface area contributed by atoms with Crippen LogP contribution in [-0.4, -0.2) is 13.6 Å². The first kappa shape index (κ1) is 16.8. The maximum absolute atomic E-state index is 3.34. The number of rotatable bonds is 8. The van der Waals surface area contributed by atoms with Crippen molar-refractivity contribution in [2.24, 2.45) is 0 Å². The summed E-state index contributed by atoms with van der Waals surface area (Å²) in [5.74, 6) is 0.427. The Morgan fingerprint density at radius 1 is 0.727 bits per heavy atom. The average Bonchev–Trinajstić information content (AvgIpc) is 2.55. The maximum Gasteiger partial charge on any atom is 0.0214 e. The molecule has 2 aromatic carbocycles. The summed E-state index contributed by atoms with van der Waals surface area (Å²) >= 11 is 0. The Hall–Kier alpha value is -1.60. The van der Waals surface area contributed by atoms with Gasteiger partial charge in [0, 0.05) is 12.5 Å². The monoisotopic (exact) mass is 295 g/mol. The molecule has 0 unspecified atom stereocenters. The van der Waals surface area contributed by atoms with Gasteiger partial charge in [0.2, 0.25) is 0 Å². The average molecular weight is 295 g/mol. The minimum Gasteiger partial charge on any atom is -0.319 e. The van der Waals surface area contributed by atoms with E-state index in [4.69, 9.17) is 0 Å². The Morgan fingerprint density at radius 2 is 1.14 bits per heavy atom. The molecule has 0 saturated heterocycles. The fraction of sp³-hybridized carbons (Fsp3) is 0.429. The third kappa shape index (κ3) is 4.45. The van der Waals surface area contributed by atoms with Gasteiger partial charge in [-0.2, -0.15) is 0 Å². The second kappa shape index (κ2) is 8.75. The Labute approximate surface area is 135 Å². The Bertz CT molecular complexity index is 490. The first-order valence-corrected chi connectivity index (χ1v) is 8.60. The molecule has 22 heavy (non-hydrogen) atoms. The van der Waals surface area contributed by atoms with Crippen molar-refractivity contribution < 1.29 is 0 Å². The first-order chi connectivity index (χ1) is 10.8. The Morgan fingerprint density at radius 3 is 1.45 bits per heavy atom. The van der Waals surface area contributed by atoms with Crippen LogP contribution in [0.1, 0.15) is 54.9 Å². The molecule has 0 aromatic heterocycles.